The van der Waals surface area contributed by atoms with Gasteiger partial charge in [0.25, 0.3) is 0 Å². The van der Waals surface area contributed by atoms with Crippen LogP contribution in [0.25, 0.3) is 0 Å². The average molecular weight is 349 g/mol. The number of carbonyl (C=O) groups excluding carboxylic acids is 1. The van der Waals surface area contributed by atoms with Crippen LogP contribution in [0.5, 0.6) is 0 Å². The van der Waals surface area contributed by atoms with Crippen LogP contribution in [-0.4, -0.2) is 5.78 Å². The highest BCUT2D eigenvalue weighted by molar-refractivity contribution is 5.78. The van der Waals surface area contributed by atoms with Crippen molar-refractivity contribution < 1.29 is 4.79 Å². The van der Waals surface area contributed by atoms with E-state index in [-0.39, 0.29) is 0 Å². The van der Waals surface area contributed by atoms with Crippen molar-refractivity contribution >= 4 is 5.78 Å². The number of rotatable bonds is 6. The maximum Gasteiger partial charge on any atom is 0.132 e. The lowest BCUT2D eigenvalue weighted by Crippen LogP contribution is -2.20. The molecule has 0 aromatic rings. The van der Waals surface area contributed by atoms with Gasteiger partial charge in [0.15, 0.2) is 0 Å². The van der Waals surface area contributed by atoms with Gasteiger partial charge in [-0.05, 0) is 37.0 Å². The molecular weight excluding hydrogens is 304 g/mol. The molecule has 3 aliphatic rings. The first-order valence-corrected chi connectivity index (χ1v) is 11.8. The van der Waals surface area contributed by atoms with E-state index in [2.05, 4.69) is 6.92 Å². The number of ketones is 1. The molecule has 0 unspecified atom stereocenters. The zero-order valence-corrected chi connectivity index (χ0v) is 17.1. The highest BCUT2D eigenvalue weighted by atomic mass is 16.1. The monoisotopic (exact) mass is 348 g/mol. The molecule has 0 radical (unpaired) electrons. The maximum absolute atomic E-state index is 11.3. The predicted octanol–water partition coefficient (Wildman–Crippen LogP) is 7.86. The van der Waals surface area contributed by atoms with Crippen molar-refractivity contribution in [1.82, 2.24) is 0 Å². The Kier molecular flexibility index (Phi) is 10.9. The molecule has 1 heteroatoms. The molecule has 0 saturated heterocycles. The molecule has 0 bridgehead atoms. The van der Waals surface area contributed by atoms with Crippen LogP contribution in [0.15, 0.2) is 0 Å². The number of hydrogen-bond acceptors (Lipinski definition) is 1. The minimum Gasteiger partial charge on any atom is -0.300 e. The second-order valence-corrected chi connectivity index (χ2v) is 9.22. The van der Waals surface area contributed by atoms with Crippen LogP contribution < -0.4 is 0 Å². The van der Waals surface area contributed by atoms with Gasteiger partial charge in [-0.15, -0.1) is 0 Å². The van der Waals surface area contributed by atoms with Gasteiger partial charge in [-0.3, -0.25) is 4.79 Å². The molecule has 3 rings (SSSR count). The van der Waals surface area contributed by atoms with Gasteiger partial charge in [-0.25, -0.2) is 0 Å². The average Bonchev–Trinajstić information content (AvgIpc) is 2.67. The van der Waals surface area contributed by atoms with Crippen molar-refractivity contribution in [1.29, 1.82) is 0 Å². The predicted molar refractivity (Wildman–Crippen MR) is 109 cm³/mol. The third kappa shape index (κ3) is 9.25. The molecule has 0 atom stereocenters. The first kappa shape index (κ1) is 21.0. The maximum atomic E-state index is 11.3. The lowest BCUT2D eigenvalue weighted by molar-refractivity contribution is -0.121. The quantitative estimate of drug-likeness (QED) is 0.446. The molecule has 3 saturated carbocycles. The number of hydrogen-bond donors (Lipinski definition) is 0. The first-order valence-electron chi connectivity index (χ1n) is 11.8. The zero-order valence-electron chi connectivity index (χ0n) is 17.1. The van der Waals surface area contributed by atoms with Gasteiger partial charge in [0.2, 0.25) is 0 Å². The van der Waals surface area contributed by atoms with Gasteiger partial charge in [0.05, 0.1) is 0 Å². The fourth-order valence-electron chi connectivity index (χ4n) is 5.21. The molecule has 0 aliphatic heterocycles. The molecule has 0 heterocycles. The SMILES string of the molecule is C1CCCCC1.CCCCCC1CCC(CC2CCC(=O)CC2)CC1. The van der Waals surface area contributed by atoms with Gasteiger partial charge in [0, 0.05) is 12.8 Å². The molecule has 25 heavy (non-hydrogen) atoms. The van der Waals surface area contributed by atoms with E-state index in [0.29, 0.717) is 5.78 Å². The standard InChI is InChI=1S/C18H32O.C6H12/c1-2-3-4-5-15-6-8-16(9-7-15)14-17-10-12-18(19)13-11-17;1-2-4-6-5-3-1/h15-17H,2-14H2,1H3;1-6H2. The van der Waals surface area contributed by atoms with E-state index in [1.54, 1.807) is 0 Å². The van der Waals surface area contributed by atoms with Crippen LogP contribution in [0.1, 0.15) is 129 Å². The molecule has 0 amide bonds. The molecule has 0 N–H and O–H groups in total. The van der Waals surface area contributed by atoms with Gasteiger partial charge < -0.3 is 0 Å². The van der Waals surface area contributed by atoms with Crippen LogP contribution in [0.2, 0.25) is 0 Å². The molecule has 3 aliphatic carbocycles. The largest absolute Gasteiger partial charge is 0.300 e. The molecule has 1 nitrogen and oxygen atoms in total. The van der Waals surface area contributed by atoms with E-state index in [9.17, 15) is 4.79 Å². The minimum atomic E-state index is 0.510. The minimum absolute atomic E-state index is 0.510. The third-order valence-electron chi connectivity index (χ3n) is 7.01. The summed E-state index contributed by atoms with van der Waals surface area (Å²) in [5, 5.41) is 0. The number of carbonyl (C=O) groups is 1. The van der Waals surface area contributed by atoms with Crippen LogP contribution >= 0.6 is 0 Å². The summed E-state index contributed by atoms with van der Waals surface area (Å²) in [5.41, 5.74) is 0. The van der Waals surface area contributed by atoms with Crippen LogP contribution in [0.3, 0.4) is 0 Å². The van der Waals surface area contributed by atoms with Crippen LogP contribution in [0, 0.1) is 17.8 Å². The third-order valence-corrected chi connectivity index (χ3v) is 7.01. The zero-order chi connectivity index (χ0) is 17.7. The van der Waals surface area contributed by atoms with E-state index in [4.69, 9.17) is 0 Å². The Morgan fingerprint density at radius 1 is 0.680 bits per heavy atom. The van der Waals surface area contributed by atoms with Gasteiger partial charge in [0.1, 0.15) is 5.78 Å². The highest BCUT2D eigenvalue weighted by Gasteiger charge is 2.25. The van der Waals surface area contributed by atoms with Crippen molar-refractivity contribution in [3.63, 3.8) is 0 Å². The van der Waals surface area contributed by atoms with Crippen LogP contribution in [0.4, 0.5) is 0 Å². The Balaban J connectivity index is 0.000000316. The summed E-state index contributed by atoms with van der Waals surface area (Å²) in [7, 11) is 0. The summed E-state index contributed by atoms with van der Waals surface area (Å²) >= 11 is 0. The molecule has 0 spiro atoms. The normalized spacial score (nSPS) is 28.3. The highest BCUT2D eigenvalue weighted by Crippen LogP contribution is 2.37. The number of unbranched alkanes of at least 4 members (excludes halogenated alkanes) is 2. The summed E-state index contributed by atoms with van der Waals surface area (Å²) in [6, 6.07) is 0. The molecular formula is C24H44O. The fraction of sp³-hybridized carbons (Fsp3) is 0.958. The second kappa shape index (κ2) is 12.9. The molecule has 3 fully saturated rings. The summed E-state index contributed by atoms with van der Waals surface area (Å²) in [6.07, 6.45) is 26.2. The van der Waals surface area contributed by atoms with E-state index in [0.717, 1.165) is 30.6 Å². The lowest BCUT2D eigenvalue weighted by Gasteiger charge is -2.32. The van der Waals surface area contributed by atoms with Crippen molar-refractivity contribution in [2.24, 2.45) is 17.8 Å². The topological polar surface area (TPSA) is 17.1 Å². The Morgan fingerprint density at radius 2 is 1.16 bits per heavy atom. The van der Waals surface area contributed by atoms with Crippen LogP contribution in [-0.2, 0) is 4.79 Å². The lowest BCUT2D eigenvalue weighted by atomic mass is 9.74. The van der Waals surface area contributed by atoms with Crippen molar-refractivity contribution in [2.45, 2.75) is 129 Å². The molecule has 146 valence electrons. The Morgan fingerprint density at radius 3 is 1.68 bits per heavy atom. The van der Waals surface area contributed by atoms with Crippen molar-refractivity contribution in [3.8, 4) is 0 Å². The summed E-state index contributed by atoms with van der Waals surface area (Å²) in [5.74, 6) is 3.41. The molecule has 0 aromatic carbocycles. The van der Waals surface area contributed by atoms with Crippen molar-refractivity contribution in [2.75, 3.05) is 0 Å². The van der Waals surface area contributed by atoms with Gasteiger partial charge >= 0.3 is 0 Å². The number of Topliss-reactive ketones (excluding diaryl/α,β-unsaturated/α-hetero) is 1. The van der Waals surface area contributed by atoms with E-state index in [1.165, 1.54) is 109 Å². The Labute approximate surface area is 157 Å². The fourth-order valence-corrected chi connectivity index (χ4v) is 5.21. The van der Waals surface area contributed by atoms with E-state index < -0.39 is 0 Å². The second-order valence-electron chi connectivity index (χ2n) is 9.22. The summed E-state index contributed by atoms with van der Waals surface area (Å²) < 4.78 is 0. The first-order chi connectivity index (χ1) is 12.3. The van der Waals surface area contributed by atoms with Gasteiger partial charge in [-0.2, -0.15) is 0 Å². The Bertz CT molecular complexity index is 314. The van der Waals surface area contributed by atoms with E-state index in [1.807, 2.05) is 0 Å². The Hall–Kier alpha value is -0.330. The summed E-state index contributed by atoms with van der Waals surface area (Å²) in [6.45, 7) is 2.30. The summed E-state index contributed by atoms with van der Waals surface area (Å²) in [4.78, 5) is 11.3. The smallest absolute Gasteiger partial charge is 0.132 e. The molecule has 0 aromatic heterocycles. The van der Waals surface area contributed by atoms with E-state index >= 15 is 0 Å². The van der Waals surface area contributed by atoms with Gasteiger partial charge in [-0.1, -0.05) is 96.8 Å². The van der Waals surface area contributed by atoms with Crippen molar-refractivity contribution in [3.05, 3.63) is 0 Å².